The van der Waals surface area contributed by atoms with Crippen molar-refractivity contribution in [1.82, 2.24) is 4.90 Å². The molecular weight excluding hydrogens is 258 g/mol. The molecule has 1 atom stereocenters. The molecule has 6 nitrogen and oxygen atoms in total. The molecule has 1 fully saturated rings. The standard InChI is InChI=1S/C14H17N3O3/c15-10-2-1-5-17(7-10)14(19)9-3-4-12-11(6-9)16-13(18)8-20-12/h3-4,6,10H,1-2,5,7-8,15H2,(H,16,18). The Morgan fingerprint density at radius 2 is 2.30 bits per heavy atom. The SMILES string of the molecule is NC1CCCN(C(=O)c2ccc3c(c2)NC(=O)CO3)C1. The molecule has 20 heavy (non-hydrogen) atoms. The average molecular weight is 275 g/mol. The summed E-state index contributed by atoms with van der Waals surface area (Å²) in [6.07, 6.45) is 1.88. The molecule has 3 N–H and O–H groups in total. The van der Waals surface area contributed by atoms with Crippen molar-refractivity contribution in [2.24, 2.45) is 5.73 Å². The lowest BCUT2D eigenvalue weighted by Gasteiger charge is -2.31. The van der Waals surface area contributed by atoms with Crippen molar-refractivity contribution >= 4 is 17.5 Å². The molecule has 0 radical (unpaired) electrons. The molecule has 2 heterocycles. The van der Waals surface area contributed by atoms with Gasteiger partial charge in [-0.05, 0) is 31.0 Å². The van der Waals surface area contributed by atoms with Crippen LogP contribution in [0.4, 0.5) is 5.69 Å². The summed E-state index contributed by atoms with van der Waals surface area (Å²) in [6.45, 7) is 1.33. The summed E-state index contributed by atoms with van der Waals surface area (Å²) >= 11 is 0. The highest BCUT2D eigenvalue weighted by atomic mass is 16.5. The number of piperidine rings is 1. The van der Waals surface area contributed by atoms with Crippen molar-refractivity contribution in [2.45, 2.75) is 18.9 Å². The molecule has 3 rings (SSSR count). The van der Waals surface area contributed by atoms with Crippen molar-refractivity contribution in [2.75, 3.05) is 25.0 Å². The summed E-state index contributed by atoms with van der Waals surface area (Å²) in [7, 11) is 0. The first-order valence-electron chi connectivity index (χ1n) is 6.75. The van der Waals surface area contributed by atoms with Crippen LogP contribution in [0.15, 0.2) is 18.2 Å². The molecule has 0 aliphatic carbocycles. The second kappa shape index (κ2) is 5.13. The van der Waals surface area contributed by atoms with Gasteiger partial charge >= 0.3 is 0 Å². The lowest BCUT2D eigenvalue weighted by Crippen LogP contribution is -2.45. The third kappa shape index (κ3) is 2.46. The molecule has 0 spiro atoms. The van der Waals surface area contributed by atoms with Gasteiger partial charge in [0, 0.05) is 24.7 Å². The molecule has 1 unspecified atom stereocenters. The maximum Gasteiger partial charge on any atom is 0.262 e. The van der Waals surface area contributed by atoms with E-state index in [0.717, 1.165) is 19.4 Å². The van der Waals surface area contributed by atoms with Crippen molar-refractivity contribution in [3.05, 3.63) is 23.8 Å². The zero-order chi connectivity index (χ0) is 14.1. The number of carbonyl (C=O) groups is 2. The van der Waals surface area contributed by atoms with E-state index in [1.807, 2.05) is 0 Å². The summed E-state index contributed by atoms with van der Waals surface area (Å²) in [5, 5.41) is 2.71. The highest BCUT2D eigenvalue weighted by molar-refractivity contribution is 5.99. The van der Waals surface area contributed by atoms with Crippen LogP contribution in [0.1, 0.15) is 23.2 Å². The molecular formula is C14H17N3O3. The first kappa shape index (κ1) is 12.9. The number of carbonyl (C=O) groups excluding carboxylic acids is 2. The van der Waals surface area contributed by atoms with Gasteiger partial charge in [0.05, 0.1) is 5.69 Å². The van der Waals surface area contributed by atoms with Crippen molar-refractivity contribution < 1.29 is 14.3 Å². The second-order valence-corrected chi connectivity index (χ2v) is 5.20. The fourth-order valence-corrected chi connectivity index (χ4v) is 2.59. The molecule has 1 aromatic rings. The van der Waals surface area contributed by atoms with Crippen LogP contribution in [-0.2, 0) is 4.79 Å². The van der Waals surface area contributed by atoms with Gasteiger partial charge in [0.1, 0.15) is 5.75 Å². The van der Waals surface area contributed by atoms with Gasteiger partial charge in [0.15, 0.2) is 6.61 Å². The van der Waals surface area contributed by atoms with Crippen LogP contribution in [0.3, 0.4) is 0 Å². The van der Waals surface area contributed by atoms with E-state index in [2.05, 4.69) is 5.32 Å². The van der Waals surface area contributed by atoms with Crippen LogP contribution in [0.5, 0.6) is 5.75 Å². The first-order chi connectivity index (χ1) is 9.63. The largest absolute Gasteiger partial charge is 0.482 e. The van der Waals surface area contributed by atoms with Gasteiger partial charge in [0.2, 0.25) is 0 Å². The highest BCUT2D eigenvalue weighted by Crippen LogP contribution is 2.29. The van der Waals surface area contributed by atoms with Crippen molar-refractivity contribution in [1.29, 1.82) is 0 Å². The number of benzene rings is 1. The summed E-state index contributed by atoms with van der Waals surface area (Å²) in [5.41, 5.74) is 6.99. The van der Waals surface area contributed by atoms with Crippen LogP contribution in [-0.4, -0.2) is 42.5 Å². The minimum absolute atomic E-state index is 0.0152. The smallest absolute Gasteiger partial charge is 0.262 e. The van der Waals surface area contributed by atoms with Gasteiger partial charge in [0.25, 0.3) is 11.8 Å². The van der Waals surface area contributed by atoms with E-state index in [0.29, 0.717) is 23.5 Å². The van der Waals surface area contributed by atoms with Crippen LogP contribution in [0.2, 0.25) is 0 Å². The van der Waals surface area contributed by atoms with E-state index in [9.17, 15) is 9.59 Å². The van der Waals surface area contributed by atoms with E-state index >= 15 is 0 Å². The summed E-state index contributed by atoms with van der Waals surface area (Å²) < 4.78 is 5.28. The molecule has 0 saturated carbocycles. The Kier molecular flexibility index (Phi) is 3.31. The molecule has 6 heteroatoms. The number of hydrogen-bond donors (Lipinski definition) is 2. The number of fused-ring (bicyclic) bond motifs is 1. The third-order valence-corrected chi connectivity index (χ3v) is 3.60. The van der Waals surface area contributed by atoms with E-state index in [1.54, 1.807) is 23.1 Å². The molecule has 1 aromatic carbocycles. The monoisotopic (exact) mass is 275 g/mol. The fourth-order valence-electron chi connectivity index (χ4n) is 2.59. The molecule has 2 amide bonds. The molecule has 1 saturated heterocycles. The Morgan fingerprint density at radius 3 is 3.10 bits per heavy atom. The van der Waals surface area contributed by atoms with Gasteiger partial charge in [-0.2, -0.15) is 0 Å². The summed E-state index contributed by atoms with van der Waals surface area (Å²) in [6, 6.07) is 5.15. The highest BCUT2D eigenvalue weighted by Gasteiger charge is 2.24. The second-order valence-electron chi connectivity index (χ2n) is 5.20. The number of anilines is 1. The molecule has 2 aliphatic heterocycles. The molecule has 2 aliphatic rings. The number of hydrogen-bond acceptors (Lipinski definition) is 4. The van der Waals surface area contributed by atoms with Gasteiger partial charge in [-0.25, -0.2) is 0 Å². The van der Waals surface area contributed by atoms with Crippen LogP contribution in [0.25, 0.3) is 0 Å². The number of ether oxygens (including phenoxy) is 1. The Labute approximate surface area is 116 Å². The predicted octanol–water partition coefficient (Wildman–Crippen LogP) is 0.581. The summed E-state index contributed by atoms with van der Waals surface area (Å²) in [4.78, 5) is 25.5. The zero-order valence-electron chi connectivity index (χ0n) is 11.1. The number of rotatable bonds is 1. The number of likely N-dealkylation sites (tertiary alicyclic amines) is 1. The van der Waals surface area contributed by atoms with Crippen LogP contribution >= 0.6 is 0 Å². The third-order valence-electron chi connectivity index (χ3n) is 3.60. The number of amides is 2. The topological polar surface area (TPSA) is 84.7 Å². The number of nitrogens with two attached hydrogens (primary N) is 1. The summed E-state index contributed by atoms with van der Waals surface area (Å²) in [5.74, 6) is 0.335. The maximum absolute atomic E-state index is 12.4. The number of nitrogens with zero attached hydrogens (tertiary/aromatic N) is 1. The lowest BCUT2D eigenvalue weighted by atomic mass is 10.0. The Balaban J connectivity index is 1.81. The van der Waals surface area contributed by atoms with Gasteiger partial charge in [-0.3, -0.25) is 9.59 Å². The molecule has 0 aromatic heterocycles. The predicted molar refractivity (Wildman–Crippen MR) is 73.7 cm³/mol. The Hall–Kier alpha value is -2.08. The number of nitrogens with one attached hydrogen (secondary N) is 1. The van der Waals surface area contributed by atoms with E-state index < -0.39 is 0 Å². The Morgan fingerprint density at radius 1 is 1.45 bits per heavy atom. The minimum Gasteiger partial charge on any atom is -0.482 e. The van der Waals surface area contributed by atoms with Crippen LogP contribution < -0.4 is 15.8 Å². The van der Waals surface area contributed by atoms with Gasteiger partial charge < -0.3 is 20.7 Å². The van der Waals surface area contributed by atoms with E-state index in [4.69, 9.17) is 10.5 Å². The lowest BCUT2D eigenvalue weighted by molar-refractivity contribution is -0.118. The normalized spacial score (nSPS) is 21.8. The van der Waals surface area contributed by atoms with Gasteiger partial charge in [-0.1, -0.05) is 0 Å². The van der Waals surface area contributed by atoms with Crippen LogP contribution in [0, 0.1) is 0 Å². The Bertz CT molecular complexity index is 559. The van der Waals surface area contributed by atoms with E-state index in [-0.39, 0.29) is 24.5 Å². The quantitative estimate of drug-likeness (QED) is 0.785. The zero-order valence-corrected chi connectivity index (χ0v) is 11.1. The van der Waals surface area contributed by atoms with Crippen molar-refractivity contribution in [3.8, 4) is 5.75 Å². The van der Waals surface area contributed by atoms with Crippen molar-refractivity contribution in [3.63, 3.8) is 0 Å². The molecule has 106 valence electrons. The first-order valence-corrected chi connectivity index (χ1v) is 6.75. The maximum atomic E-state index is 12.4. The minimum atomic E-state index is -0.206. The van der Waals surface area contributed by atoms with E-state index in [1.165, 1.54) is 0 Å². The average Bonchev–Trinajstić information content (AvgIpc) is 2.45. The van der Waals surface area contributed by atoms with Gasteiger partial charge in [-0.15, -0.1) is 0 Å². The fraction of sp³-hybridized carbons (Fsp3) is 0.429. The molecule has 0 bridgehead atoms.